The number of guanidine groups is 1. The summed E-state index contributed by atoms with van der Waals surface area (Å²) in [5.74, 6) is 0.816. The van der Waals surface area contributed by atoms with Gasteiger partial charge in [-0.1, -0.05) is 42.5 Å². The van der Waals surface area contributed by atoms with Crippen LogP contribution in [0.2, 0.25) is 0 Å². The second-order valence-corrected chi connectivity index (χ2v) is 6.54. The second kappa shape index (κ2) is 9.25. The Morgan fingerprint density at radius 2 is 1.58 bits per heavy atom. The first-order chi connectivity index (χ1) is 12.8. The third kappa shape index (κ3) is 4.76. The van der Waals surface area contributed by atoms with E-state index < -0.39 is 0 Å². The van der Waals surface area contributed by atoms with Crippen LogP contribution in [0.4, 0.5) is 5.69 Å². The minimum absolute atomic E-state index is 0.785. The molecule has 26 heavy (non-hydrogen) atoms. The largest absolute Gasteiger partial charge is 0.369 e. The fraction of sp³-hybridized carbons (Fsp3) is 0.381. The molecule has 2 aromatic rings. The van der Waals surface area contributed by atoms with Gasteiger partial charge in [-0.3, -0.25) is 9.89 Å². The van der Waals surface area contributed by atoms with E-state index in [0.717, 1.165) is 45.2 Å². The maximum Gasteiger partial charge on any atom is 0.190 e. The highest BCUT2D eigenvalue weighted by Crippen LogP contribution is 2.18. The molecule has 0 atom stereocenters. The summed E-state index contributed by atoms with van der Waals surface area (Å²) in [5, 5.41) is 6.42. The molecule has 0 radical (unpaired) electrons. The molecule has 5 heteroatoms. The molecule has 1 fully saturated rings. The molecule has 1 aliphatic rings. The average molecular weight is 351 g/mol. The van der Waals surface area contributed by atoms with Crippen LogP contribution >= 0.6 is 0 Å². The molecule has 0 spiro atoms. The molecule has 0 bridgehead atoms. The number of anilines is 1. The van der Waals surface area contributed by atoms with Gasteiger partial charge in [0.05, 0.1) is 0 Å². The van der Waals surface area contributed by atoms with Crippen LogP contribution in [0.15, 0.2) is 59.6 Å². The zero-order valence-electron chi connectivity index (χ0n) is 15.8. The van der Waals surface area contributed by atoms with Gasteiger partial charge in [-0.05, 0) is 23.3 Å². The Labute approximate surface area is 156 Å². The summed E-state index contributed by atoms with van der Waals surface area (Å²) in [5.41, 5.74) is 4.05. The van der Waals surface area contributed by atoms with Crippen molar-refractivity contribution in [3.8, 4) is 0 Å². The number of nitrogens with one attached hydrogen (secondary N) is 2. The van der Waals surface area contributed by atoms with Crippen molar-refractivity contribution >= 4 is 11.6 Å². The van der Waals surface area contributed by atoms with Crippen LogP contribution in [-0.2, 0) is 13.1 Å². The Morgan fingerprint density at radius 3 is 2.23 bits per heavy atom. The zero-order chi connectivity index (χ0) is 18.2. The van der Waals surface area contributed by atoms with Gasteiger partial charge in [0, 0.05) is 59.1 Å². The lowest BCUT2D eigenvalue weighted by Gasteiger charge is -2.36. The van der Waals surface area contributed by atoms with E-state index in [0.29, 0.717) is 0 Å². The number of aliphatic imine (C=N–C) groups is 1. The molecular weight excluding hydrogens is 322 g/mol. The first kappa shape index (κ1) is 18.3. The van der Waals surface area contributed by atoms with E-state index in [-0.39, 0.29) is 0 Å². The van der Waals surface area contributed by atoms with Gasteiger partial charge >= 0.3 is 0 Å². The maximum atomic E-state index is 4.18. The van der Waals surface area contributed by atoms with E-state index in [4.69, 9.17) is 0 Å². The van der Waals surface area contributed by atoms with E-state index in [9.17, 15) is 0 Å². The third-order valence-electron chi connectivity index (χ3n) is 4.91. The van der Waals surface area contributed by atoms with E-state index in [1.54, 1.807) is 7.05 Å². The van der Waals surface area contributed by atoms with Gasteiger partial charge in [0.2, 0.25) is 0 Å². The lowest BCUT2D eigenvalue weighted by Crippen LogP contribution is -2.46. The van der Waals surface area contributed by atoms with Crippen molar-refractivity contribution in [2.45, 2.75) is 13.1 Å². The Hall–Kier alpha value is -2.53. The maximum absolute atomic E-state index is 4.18. The van der Waals surface area contributed by atoms with Crippen molar-refractivity contribution in [3.63, 3.8) is 0 Å². The molecule has 1 heterocycles. The highest BCUT2D eigenvalue weighted by atomic mass is 15.3. The SMILES string of the molecule is CN=C(NC)NCc1ccccc1CN1CCN(c2ccccc2)CC1. The number of piperazine rings is 1. The van der Waals surface area contributed by atoms with Crippen LogP contribution in [-0.4, -0.2) is 51.1 Å². The average Bonchev–Trinajstić information content (AvgIpc) is 2.71. The molecule has 2 aromatic carbocycles. The molecule has 3 rings (SSSR count). The number of hydrogen-bond donors (Lipinski definition) is 2. The predicted octanol–water partition coefficient (Wildman–Crippen LogP) is 2.30. The number of hydrogen-bond acceptors (Lipinski definition) is 3. The molecule has 0 aromatic heterocycles. The Kier molecular flexibility index (Phi) is 6.50. The summed E-state index contributed by atoms with van der Waals surface area (Å²) in [7, 11) is 3.67. The summed E-state index contributed by atoms with van der Waals surface area (Å²) in [4.78, 5) is 9.20. The van der Waals surface area contributed by atoms with E-state index in [1.165, 1.54) is 16.8 Å². The van der Waals surface area contributed by atoms with Gasteiger partial charge in [-0.25, -0.2) is 0 Å². The molecule has 0 saturated carbocycles. The summed E-state index contributed by atoms with van der Waals surface area (Å²) >= 11 is 0. The number of nitrogens with zero attached hydrogens (tertiary/aromatic N) is 3. The molecular formula is C21H29N5. The third-order valence-corrected chi connectivity index (χ3v) is 4.91. The van der Waals surface area contributed by atoms with Crippen LogP contribution < -0.4 is 15.5 Å². The van der Waals surface area contributed by atoms with Crippen molar-refractivity contribution in [1.29, 1.82) is 0 Å². The summed E-state index contributed by atoms with van der Waals surface area (Å²) in [6.07, 6.45) is 0. The standard InChI is InChI=1S/C21H29N5/c1-22-21(23-2)24-16-18-8-6-7-9-19(18)17-25-12-14-26(15-13-25)20-10-4-3-5-11-20/h3-11H,12-17H2,1-2H3,(H2,22,23,24). The van der Waals surface area contributed by atoms with Crippen molar-refractivity contribution in [2.75, 3.05) is 45.2 Å². The van der Waals surface area contributed by atoms with Crippen molar-refractivity contribution < 1.29 is 0 Å². The van der Waals surface area contributed by atoms with Crippen molar-refractivity contribution in [1.82, 2.24) is 15.5 Å². The number of para-hydroxylation sites is 1. The topological polar surface area (TPSA) is 42.9 Å². The van der Waals surface area contributed by atoms with Gasteiger partial charge in [0.1, 0.15) is 0 Å². The second-order valence-electron chi connectivity index (χ2n) is 6.54. The molecule has 5 nitrogen and oxygen atoms in total. The van der Waals surface area contributed by atoms with E-state index >= 15 is 0 Å². The minimum Gasteiger partial charge on any atom is -0.369 e. The Morgan fingerprint density at radius 1 is 0.923 bits per heavy atom. The quantitative estimate of drug-likeness (QED) is 0.641. The highest BCUT2D eigenvalue weighted by Gasteiger charge is 2.18. The molecule has 1 aliphatic heterocycles. The van der Waals surface area contributed by atoms with Crippen LogP contribution in [0.1, 0.15) is 11.1 Å². The van der Waals surface area contributed by atoms with Gasteiger partial charge < -0.3 is 15.5 Å². The fourth-order valence-electron chi connectivity index (χ4n) is 3.39. The van der Waals surface area contributed by atoms with Crippen molar-refractivity contribution in [3.05, 3.63) is 65.7 Å². The van der Waals surface area contributed by atoms with E-state index in [1.807, 2.05) is 7.05 Å². The summed E-state index contributed by atoms with van der Waals surface area (Å²) in [6.45, 7) is 6.13. The molecule has 2 N–H and O–H groups in total. The first-order valence-electron chi connectivity index (χ1n) is 9.27. The molecule has 0 unspecified atom stereocenters. The zero-order valence-corrected chi connectivity index (χ0v) is 15.8. The molecule has 138 valence electrons. The van der Waals surface area contributed by atoms with Gasteiger partial charge in [-0.2, -0.15) is 0 Å². The van der Waals surface area contributed by atoms with Gasteiger partial charge in [0.15, 0.2) is 5.96 Å². The first-order valence-corrected chi connectivity index (χ1v) is 9.27. The monoisotopic (exact) mass is 351 g/mol. The van der Waals surface area contributed by atoms with Gasteiger partial charge in [-0.15, -0.1) is 0 Å². The lowest BCUT2D eigenvalue weighted by atomic mass is 10.1. The lowest BCUT2D eigenvalue weighted by molar-refractivity contribution is 0.249. The number of rotatable bonds is 5. The Bertz CT molecular complexity index is 705. The fourth-order valence-corrected chi connectivity index (χ4v) is 3.39. The predicted molar refractivity (Wildman–Crippen MR) is 110 cm³/mol. The van der Waals surface area contributed by atoms with Crippen LogP contribution in [0.25, 0.3) is 0 Å². The highest BCUT2D eigenvalue weighted by molar-refractivity contribution is 5.79. The molecule has 1 saturated heterocycles. The normalized spacial score (nSPS) is 15.8. The van der Waals surface area contributed by atoms with Crippen LogP contribution in [0, 0.1) is 0 Å². The minimum atomic E-state index is 0.785. The van der Waals surface area contributed by atoms with Crippen LogP contribution in [0.5, 0.6) is 0 Å². The Balaban J connectivity index is 1.57. The molecule has 0 aliphatic carbocycles. The van der Waals surface area contributed by atoms with E-state index in [2.05, 4.69) is 80.0 Å². The smallest absolute Gasteiger partial charge is 0.190 e. The summed E-state index contributed by atoms with van der Waals surface area (Å²) < 4.78 is 0. The summed E-state index contributed by atoms with van der Waals surface area (Å²) in [6, 6.07) is 19.4. The van der Waals surface area contributed by atoms with Gasteiger partial charge in [0.25, 0.3) is 0 Å². The number of benzene rings is 2. The van der Waals surface area contributed by atoms with Crippen LogP contribution in [0.3, 0.4) is 0 Å². The molecule has 0 amide bonds. The van der Waals surface area contributed by atoms with Crippen molar-refractivity contribution in [2.24, 2.45) is 4.99 Å².